The molecule has 1 aromatic heterocycles. The van der Waals surface area contributed by atoms with E-state index in [0.717, 1.165) is 35.1 Å². The summed E-state index contributed by atoms with van der Waals surface area (Å²) in [6.07, 6.45) is 2.16. The van der Waals surface area contributed by atoms with Crippen LogP contribution in [0.25, 0.3) is 11.1 Å². The number of anilines is 1. The number of carboxylic acids is 1. The maximum atomic E-state index is 12.7. The van der Waals surface area contributed by atoms with Gasteiger partial charge in [0.15, 0.2) is 5.82 Å². The third-order valence-corrected chi connectivity index (χ3v) is 6.83. The van der Waals surface area contributed by atoms with Crippen molar-refractivity contribution in [3.05, 3.63) is 71.4 Å². The molecule has 0 bridgehead atoms. The van der Waals surface area contributed by atoms with Crippen LogP contribution in [0.1, 0.15) is 59.6 Å². The number of aliphatic carboxylic acids is 1. The topological polar surface area (TPSA) is 133 Å². The highest BCUT2D eigenvalue weighted by Crippen LogP contribution is 2.44. The molecule has 9 heteroatoms. The van der Waals surface area contributed by atoms with Crippen LogP contribution in [0.3, 0.4) is 0 Å². The first-order valence-electron chi connectivity index (χ1n) is 11.7. The van der Waals surface area contributed by atoms with Gasteiger partial charge < -0.3 is 15.2 Å². The predicted molar refractivity (Wildman–Crippen MR) is 128 cm³/mol. The number of hydrogen-bond acceptors (Lipinski definition) is 5. The zero-order chi connectivity index (χ0) is 24.4. The Morgan fingerprint density at radius 1 is 1.03 bits per heavy atom. The fourth-order valence-corrected chi connectivity index (χ4v) is 5.24. The van der Waals surface area contributed by atoms with Crippen LogP contribution in [0.4, 0.5) is 10.6 Å². The van der Waals surface area contributed by atoms with Gasteiger partial charge in [-0.1, -0.05) is 61.4 Å². The number of ether oxygens (including phenoxy) is 1. The molecule has 180 valence electrons. The van der Waals surface area contributed by atoms with Gasteiger partial charge in [0.25, 0.3) is 5.91 Å². The number of carbonyl (C=O) groups is 3. The first-order chi connectivity index (χ1) is 16.9. The number of H-pyrrole nitrogens is 1. The molecule has 9 nitrogen and oxygen atoms in total. The van der Waals surface area contributed by atoms with E-state index in [1.54, 1.807) is 0 Å². The van der Waals surface area contributed by atoms with Crippen LogP contribution in [0.5, 0.6) is 0 Å². The van der Waals surface area contributed by atoms with Crippen molar-refractivity contribution in [1.82, 2.24) is 15.5 Å². The van der Waals surface area contributed by atoms with Crippen molar-refractivity contribution in [2.45, 2.75) is 43.6 Å². The Hall–Kier alpha value is -4.14. The van der Waals surface area contributed by atoms with Gasteiger partial charge in [-0.25, -0.2) is 4.79 Å². The highest BCUT2D eigenvalue weighted by Gasteiger charge is 2.38. The molecule has 0 atom stereocenters. The maximum Gasteiger partial charge on any atom is 0.412 e. The zero-order valence-corrected chi connectivity index (χ0v) is 19.0. The zero-order valence-electron chi connectivity index (χ0n) is 19.0. The Balaban J connectivity index is 1.20. The molecule has 1 fully saturated rings. The number of aromatic amines is 1. The monoisotopic (exact) mass is 474 g/mol. The molecule has 2 aliphatic rings. The molecule has 3 aromatic rings. The van der Waals surface area contributed by atoms with Crippen LogP contribution < -0.4 is 10.6 Å². The second-order valence-electron chi connectivity index (χ2n) is 9.13. The van der Waals surface area contributed by atoms with Gasteiger partial charge in [-0.15, -0.1) is 0 Å². The van der Waals surface area contributed by atoms with Gasteiger partial charge in [-0.2, -0.15) is 5.10 Å². The molecule has 1 heterocycles. The van der Waals surface area contributed by atoms with Crippen molar-refractivity contribution < 1.29 is 24.2 Å². The lowest BCUT2D eigenvalue weighted by atomic mass is 9.93. The minimum absolute atomic E-state index is 0.0643. The number of aromatic nitrogens is 2. The summed E-state index contributed by atoms with van der Waals surface area (Å²) >= 11 is 0. The van der Waals surface area contributed by atoms with E-state index in [4.69, 9.17) is 4.74 Å². The van der Waals surface area contributed by atoms with Crippen LogP contribution >= 0.6 is 0 Å². The lowest BCUT2D eigenvalue weighted by Gasteiger charge is -2.28. The fraction of sp³-hybridized carbons (Fsp3) is 0.308. The maximum absolute atomic E-state index is 12.7. The third-order valence-electron chi connectivity index (χ3n) is 6.83. The molecule has 5 rings (SSSR count). The lowest BCUT2D eigenvalue weighted by molar-refractivity contribution is -0.138. The van der Waals surface area contributed by atoms with Crippen LogP contribution in [-0.4, -0.2) is 45.4 Å². The first-order valence-corrected chi connectivity index (χ1v) is 11.7. The molecular formula is C26H26N4O5. The van der Waals surface area contributed by atoms with Crippen LogP contribution in [0.15, 0.2) is 54.6 Å². The van der Waals surface area contributed by atoms with Gasteiger partial charge in [-0.05, 0) is 35.1 Å². The fourth-order valence-electron chi connectivity index (χ4n) is 5.24. The smallest absolute Gasteiger partial charge is 0.412 e. The standard InChI is InChI=1S/C26H26N4O5/c31-23(32)14-26(11-5-6-12-26)28-24(33)21-13-22(30-29-21)27-25(34)35-15-20-18-9-3-1-7-16(18)17-8-2-4-10-19(17)20/h1-4,7-10,13,20H,5-6,11-12,14-15H2,(H,28,33)(H,31,32)(H2,27,29,30,34). The summed E-state index contributed by atoms with van der Waals surface area (Å²) < 4.78 is 5.51. The number of hydrogen-bond donors (Lipinski definition) is 4. The molecule has 1 saturated carbocycles. The Morgan fingerprint density at radius 3 is 2.29 bits per heavy atom. The van der Waals surface area contributed by atoms with Gasteiger partial charge in [-0.3, -0.25) is 20.0 Å². The Bertz CT molecular complexity index is 1230. The summed E-state index contributed by atoms with van der Waals surface area (Å²) in [5.41, 5.74) is 3.89. The number of carbonyl (C=O) groups excluding carboxylic acids is 2. The minimum Gasteiger partial charge on any atom is -0.481 e. The number of nitrogens with one attached hydrogen (secondary N) is 3. The van der Waals surface area contributed by atoms with E-state index in [0.29, 0.717) is 12.8 Å². The van der Waals surface area contributed by atoms with E-state index in [2.05, 4.69) is 33.0 Å². The Morgan fingerprint density at radius 2 is 1.66 bits per heavy atom. The Kier molecular flexibility index (Phi) is 5.98. The van der Waals surface area contributed by atoms with E-state index in [1.165, 1.54) is 6.07 Å². The highest BCUT2D eigenvalue weighted by atomic mass is 16.5. The second kappa shape index (κ2) is 9.25. The number of carboxylic acid groups (broad SMARTS) is 1. The highest BCUT2D eigenvalue weighted by molar-refractivity contribution is 5.95. The van der Waals surface area contributed by atoms with E-state index in [-0.39, 0.29) is 30.5 Å². The normalized spacial score (nSPS) is 15.8. The molecule has 0 spiro atoms. The molecule has 2 amide bonds. The second-order valence-corrected chi connectivity index (χ2v) is 9.13. The molecule has 4 N–H and O–H groups in total. The molecule has 0 unspecified atom stereocenters. The summed E-state index contributed by atoms with van der Waals surface area (Å²) in [5, 5.41) is 21.2. The van der Waals surface area contributed by atoms with Gasteiger partial charge in [0.1, 0.15) is 12.3 Å². The largest absolute Gasteiger partial charge is 0.481 e. The van der Waals surface area contributed by atoms with E-state index in [9.17, 15) is 19.5 Å². The molecule has 0 aliphatic heterocycles. The predicted octanol–water partition coefficient (Wildman–Crippen LogP) is 4.29. The SMILES string of the molecule is O=C(O)CC1(NC(=O)c2cc(NC(=O)OCC3c4ccccc4-c4ccccc43)n[nH]2)CCCC1. The summed E-state index contributed by atoms with van der Waals surface area (Å²) in [4.78, 5) is 36.4. The molecule has 2 aliphatic carbocycles. The quantitative estimate of drug-likeness (QED) is 0.404. The van der Waals surface area contributed by atoms with Crippen LogP contribution in [-0.2, 0) is 9.53 Å². The van der Waals surface area contributed by atoms with Crippen molar-refractivity contribution in [2.75, 3.05) is 11.9 Å². The number of benzene rings is 2. The van der Waals surface area contributed by atoms with Gasteiger partial charge >= 0.3 is 12.1 Å². The average Bonchev–Trinajstić information content (AvgIpc) is 3.56. The summed E-state index contributed by atoms with van der Waals surface area (Å²) in [5.74, 6) is -1.33. The van der Waals surface area contributed by atoms with Crippen molar-refractivity contribution in [3.63, 3.8) is 0 Å². The van der Waals surface area contributed by atoms with Crippen LogP contribution in [0, 0.1) is 0 Å². The van der Waals surface area contributed by atoms with Crippen molar-refractivity contribution in [1.29, 1.82) is 0 Å². The molecular weight excluding hydrogens is 448 g/mol. The van der Waals surface area contributed by atoms with Gasteiger partial charge in [0.2, 0.25) is 0 Å². The van der Waals surface area contributed by atoms with Crippen LogP contribution in [0.2, 0.25) is 0 Å². The number of rotatable bonds is 7. The van der Waals surface area contributed by atoms with E-state index >= 15 is 0 Å². The summed E-state index contributed by atoms with van der Waals surface area (Å²) in [6, 6.07) is 17.6. The summed E-state index contributed by atoms with van der Waals surface area (Å²) in [7, 11) is 0. The molecule has 35 heavy (non-hydrogen) atoms. The van der Waals surface area contributed by atoms with Crippen molar-refractivity contribution in [2.24, 2.45) is 0 Å². The van der Waals surface area contributed by atoms with Crippen molar-refractivity contribution >= 4 is 23.8 Å². The third kappa shape index (κ3) is 4.62. The van der Waals surface area contributed by atoms with E-state index in [1.807, 2.05) is 36.4 Å². The average molecular weight is 475 g/mol. The number of nitrogens with zero attached hydrogens (tertiary/aromatic N) is 1. The van der Waals surface area contributed by atoms with Gasteiger partial charge in [0, 0.05) is 12.0 Å². The Labute approximate surface area is 201 Å². The minimum atomic E-state index is -0.950. The van der Waals surface area contributed by atoms with E-state index < -0.39 is 23.5 Å². The lowest BCUT2D eigenvalue weighted by Crippen LogP contribution is -2.47. The van der Waals surface area contributed by atoms with Gasteiger partial charge in [0.05, 0.1) is 12.0 Å². The van der Waals surface area contributed by atoms with Crippen molar-refractivity contribution in [3.8, 4) is 11.1 Å². The molecule has 0 radical (unpaired) electrons. The first kappa shape index (κ1) is 22.6. The number of amides is 2. The molecule has 0 saturated heterocycles. The molecule has 2 aromatic carbocycles. The summed E-state index contributed by atoms with van der Waals surface area (Å²) in [6.45, 7) is 0.162. The number of fused-ring (bicyclic) bond motifs is 3.